The first-order chi connectivity index (χ1) is 27.9. The number of nitrogens with zero attached hydrogens (tertiary/aromatic N) is 5. The predicted octanol–water partition coefficient (Wildman–Crippen LogP) is 9.31. The van der Waals surface area contributed by atoms with Gasteiger partial charge in [-0.1, -0.05) is 87.5 Å². The van der Waals surface area contributed by atoms with Crippen LogP contribution in [0.4, 0.5) is 5.69 Å². The number of hydrogen-bond acceptors (Lipinski definition) is 10. The van der Waals surface area contributed by atoms with Gasteiger partial charge in [-0.25, -0.2) is 15.0 Å². The molecule has 4 aromatic carbocycles. The second-order valence-electron chi connectivity index (χ2n) is 16.3. The first kappa shape index (κ1) is 40.6. The summed E-state index contributed by atoms with van der Waals surface area (Å²) in [5.74, 6) is 1.26. The van der Waals surface area contributed by atoms with Gasteiger partial charge >= 0.3 is 0 Å². The first-order valence-electron chi connectivity index (χ1n) is 19.6. The number of rotatable bonds is 14. The third-order valence-electron chi connectivity index (χ3n) is 11.8. The Balaban J connectivity index is 1.35. The van der Waals surface area contributed by atoms with E-state index in [-0.39, 0.29) is 17.6 Å². The Morgan fingerprint density at radius 2 is 1.47 bits per heavy atom. The summed E-state index contributed by atoms with van der Waals surface area (Å²) in [5, 5.41) is 9.88. The van der Waals surface area contributed by atoms with E-state index in [1.54, 1.807) is 26.9 Å². The molecule has 0 unspecified atom stereocenters. The van der Waals surface area contributed by atoms with E-state index in [1.165, 1.54) is 0 Å². The molecule has 0 aliphatic carbocycles. The number of nitriles is 1. The van der Waals surface area contributed by atoms with Gasteiger partial charge in [-0.3, -0.25) is 4.57 Å². The fourth-order valence-corrected chi connectivity index (χ4v) is 8.95. The van der Waals surface area contributed by atoms with Crippen LogP contribution in [0.2, 0.25) is 18.1 Å². The highest BCUT2D eigenvalue weighted by Gasteiger charge is 2.52. The maximum atomic E-state index is 9.99. The fraction of sp³-hybridized carbons (Fsp3) is 0.348. The van der Waals surface area contributed by atoms with Crippen LogP contribution < -0.4 is 15.2 Å². The second kappa shape index (κ2) is 16.7. The Kier molecular flexibility index (Phi) is 11.7. The summed E-state index contributed by atoms with van der Waals surface area (Å²) in [5.41, 5.74) is 11.2. The van der Waals surface area contributed by atoms with Crippen LogP contribution in [0.3, 0.4) is 0 Å². The fourth-order valence-electron chi connectivity index (χ4n) is 7.63. The van der Waals surface area contributed by atoms with E-state index in [9.17, 15) is 5.26 Å². The number of imidazole rings is 1. The van der Waals surface area contributed by atoms with E-state index in [0.29, 0.717) is 35.4 Å². The van der Waals surface area contributed by atoms with Crippen LogP contribution in [0.15, 0.2) is 116 Å². The van der Waals surface area contributed by atoms with E-state index in [4.69, 9.17) is 39.1 Å². The van der Waals surface area contributed by atoms with Crippen molar-refractivity contribution in [2.75, 3.05) is 26.6 Å². The third-order valence-corrected chi connectivity index (χ3v) is 16.2. The molecule has 58 heavy (non-hydrogen) atoms. The minimum absolute atomic E-state index is 0.100. The zero-order valence-electron chi connectivity index (χ0n) is 34.3. The average Bonchev–Trinajstić information content (AvgIpc) is 3.81. The molecule has 7 rings (SSSR count). The van der Waals surface area contributed by atoms with E-state index < -0.39 is 32.4 Å². The molecule has 12 heteroatoms. The van der Waals surface area contributed by atoms with E-state index in [0.717, 1.165) is 33.8 Å². The molecule has 0 bridgehead atoms. The predicted molar refractivity (Wildman–Crippen MR) is 228 cm³/mol. The smallest absolute Gasteiger partial charge is 0.192 e. The van der Waals surface area contributed by atoms with Gasteiger partial charge in [0.25, 0.3) is 0 Å². The molecule has 6 aromatic rings. The Bertz CT molecular complexity index is 2310. The van der Waals surface area contributed by atoms with Crippen molar-refractivity contribution in [2.24, 2.45) is 5.92 Å². The van der Waals surface area contributed by atoms with Crippen molar-refractivity contribution in [3.63, 3.8) is 0 Å². The van der Waals surface area contributed by atoms with Crippen LogP contribution in [0.1, 0.15) is 56.5 Å². The molecule has 1 aliphatic heterocycles. The molecule has 3 heterocycles. The molecular formula is C46H52N6O5Si. The number of anilines is 1. The average molecular weight is 797 g/mol. The maximum Gasteiger partial charge on any atom is 0.192 e. The Labute approximate surface area is 341 Å². The van der Waals surface area contributed by atoms with Crippen molar-refractivity contribution in [3.05, 3.63) is 132 Å². The monoisotopic (exact) mass is 796 g/mol. The molecule has 4 atom stereocenters. The van der Waals surface area contributed by atoms with E-state index in [2.05, 4.69) is 57.1 Å². The van der Waals surface area contributed by atoms with Gasteiger partial charge < -0.3 is 29.1 Å². The topological polar surface area (TPSA) is 140 Å². The summed E-state index contributed by atoms with van der Waals surface area (Å²) in [6, 6.07) is 36.1. The molecular weight excluding hydrogens is 745 g/mol. The first-order valence-corrected chi connectivity index (χ1v) is 22.5. The Morgan fingerprint density at radius 1 is 0.828 bits per heavy atom. The second-order valence-corrected chi connectivity index (χ2v) is 21.0. The van der Waals surface area contributed by atoms with Crippen molar-refractivity contribution in [2.45, 2.75) is 75.8 Å². The summed E-state index contributed by atoms with van der Waals surface area (Å²) >= 11 is 0. The highest BCUT2D eigenvalue weighted by Crippen LogP contribution is 2.48. The van der Waals surface area contributed by atoms with Gasteiger partial charge in [-0.15, -0.1) is 0 Å². The molecule has 1 aliphatic rings. The largest absolute Gasteiger partial charge is 0.497 e. The van der Waals surface area contributed by atoms with Gasteiger partial charge in [0.15, 0.2) is 20.2 Å². The quantitative estimate of drug-likeness (QED) is 0.0645. The van der Waals surface area contributed by atoms with Gasteiger partial charge in [0.05, 0.1) is 45.4 Å². The molecule has 1 saturated heterocycles. The van der Waals surface area contributed by atoms with Gasteiger partial charge in [0.2, 0.25) is 0 Å². The highest BCUT2D eigenvalue weighted by molar-refractivity contribution is 6.74. The number of hydrogen-bond donors (Lipinski definition) is 1. The van der Waals surface area contributed by atoms with E-state index in [1.807, 2.05) is 95.6 Å². The summed E-state index contributed by atoms with van der Waals surface area (Å²) in [7, 11) is 0.899. The van der Waals surface area contributed by atoms with Gasteiger partial charge in [0.1, 0.15) is 34.6 Å². The van der Waals surface area contributed by atoms with E-state index >= 15 is 0 Å². The summed E-state index contributed by atoms with van der Waals surface area (Å²) in [4.78, 5) is 14.2. The van der Waals surface area contributed by atoms with Gasteiger partial charge in [0, 0.05) is 23.6 Å². The third kappa shape index (κ3) is 7.83. The van der Waals surface area contributed by atoms with Crippen LogP contribution in [0.25, 0.3) is 22.4 Å². The zero-order chi connectivity index (χ0) is 41.1. The Hall–Kier alpha value is -5.58. The molecule has 2 aromatic heterocycles. The highest BCUT2D eigenvalue weighted by atomic mass is 28.4. The molecule has 300 valence electrons. The van der Waals surface area contributed by atoms with Crippen LogP contribution in [-0.2, 0) is 19.5 Å². The SMILES string of the molecule is COc1ccc(C(OC[C@@H]2O[C@@H](n3cnc4c(-c5cccc(N)c5)ncnc43)[C@H](O[Si](C)(C)C(C)(C)C)[C@@H]2CCC#N)(c2ccccc2)c2ccc(OC)cc2)cc1. The molecule has 0 spiro atoms. The number of methoxy groups -OCH3 is 2. The van der Waals surface area contributed by atoms with Crippen LogP contribution in [-0.4, -0.2) is 60.9 Å². The maximum absolute atomic E-state index is 9.99. The number of nitrogen functional groups attached to an aromatic ring is 1. The molecule has 1 fully saturated rings. The van der Waals surface area contributed by atoms with Crippen molar-refractivity contribution < 1.29 is 23.4 Å². The molecule has 0 amide bonds. The lowest BCUT2D eigenvalue weighted by atomic mass is 9.79. The number of aromatic nitrogens is 4. The van der Waals surface area contributed by atoms with Gasteiger partial charge in [-0.05, 0) is 77.6 Å². The molecule has 2 N–H and O–H groups in total. The van der Waals surface area contributed by atoms with Crippen molar-refractivity contribution >= 4 is 25.2 Å². The van der Waals surface area contributed by atoms with Crippen molar-refractivity contribution in [1.82, 2.24) is 19.5 Å². The summed E-state index contributed by atoms with van der Waals surface area (Å²) < 4.78 is 35.1. The van der Waals surface area contributed by atoms with Crippen molar-refractivity contribution in [1.29, 1.82) is 5.26 Å². The van der Waals surface area contributed by atoms with Gasteiger partial charge in [-0.2, -0.15) is 5.26 Å². The number of fused-ring (bicyclic) bond motifs is 1. The minimum Gasteiger partial charge on any atom is -0.497 e. The van der Waals surface area contributed by atoms with Crippen LogP contribution >= 0.6 is 0 Å². The summed E-state index contributed by atoms with van der Waals surface area (Å²) in [6.45, 7) is 11.3. The lowest BCUT2D eigenvalue weighted by Gasteiger charge is -2.41. The minimum atomic E-state index is -2.42. The lowest BCUT2D eigenvalue weighted by Crippen LogP contribution is -2.47. The van der Waals surface area contributed by atoms with Crippen LogP contribution in [0, 0.1) is 17.2 Å². The number of ether oxygens (including phenoxy) is 4. The molecule has 0 radical (unpaired) electrons. The number of nitrogens with two attached hydrogens (primary N) is 1. The molecule has 11 nitrogen and oxygen atoms in total. The standard InChI is InChI=1S/C46H52N6O5Si/c1-45(2,3)58(6,7)57-42-38(17-12-26-47)39(56-44(42)52-30-51-41-40(49-29-50-43(41)52)31-13-11-16-35(48)27-31)28-55-46(32-14-9-8-10-15-32,33-18-22-36(53-4)23-19-33)34-20-24-37(54-5)25-21-34/h8-11,13-16,18-25,27,29-30,38-39,42,44H,12,17,28,48H2,1-7H3/t38-,39+,42-,44-/m1/s1. The molecule has 0 saturated carbocycles. The van der Waals surface area contributed by atoms with Crippen molar-refractivity contribution in [3.8, 4) is 28.8 Å². The summed E-state index contributed by atoms with van der Waals surface area (Å²) in [6.07, 6.45) is 2.60. The zero-order valence-corrected chi connectivity index (χ0v) is 35.3. The normalized spacial score (nSPS) is 18.6. The Morgan fingerprint density at radius 3 is 2.05 bits per heavy atom. The number of benzene rings is 4. The lowest BCUT2D eigenvalue weighted by molar-refractivity contribution is -0.0879. The van der Waals surface area contributed by atoms with Crippen LogP contribution in [0.5, 0.6) is 11.5 Å².